The van der Waals surface area contributed by atoms with Crippen LogP contribution in [0.4, 0.5) is 8.78 Å². The van der Waals surface area contributed by atoms with Crippen LogP contribution in [0.25, 0.3) is 6.08 Å². The van der Waals surface area contributed by atoms with E-state index in [2.05, 4.69) is 9.73 Å². The lowest BCUT2D eigenvalue weighted by Crippen LogP contribution is -2.07. The first-order chi connectivity index (χ1) is 15.1. The number of carbonyl (C=O) groups is 1. The summed E-state index contributed by atoms with van der Waals surface area (Å²) in [6, 6.07) is 22.8. The lowest BCUT2D eigenvalue weighted by atomic mass is 10.2. The molecule has 0 aromatic heterocycles. The van der Waals surface area contributed by atoms with Gasteiger partial charge in [-0.2, -0.15) is 8.78 Å². The first-order valence-corrected chi connectivity index (χ1v) is 9.41. The second-order valence-corrected chi connectivity index (χ2v) is 6.59. The summed E-state index contributed by atoms with van der Waals surface area (Å²) in [6.07, 6.45) is 1.57. The fraction of sp³-hybridized carbons (Fsp3) is 0.0833. The van der Waals surface area contributed by atoms with Gasteiger partial charge in [0.05, 0.1) is 0 Å². The Bertz CT molecular complexity index is 1140. The topological polar surface area (TPSA) is 57.1 Å². The molecule has 3 aromatic rings. The molecular formula is C24H17F2NO4. The van der Waals surface area contributed by atoms with Crippen LogP contribution in [-0.2, 0) is 16.1 Å². The van der Waals surface area contributed by atoms with E-state index in [-0.39, 0.29) is 17.3 Å². The number of ether oxygens (including phenoxy) is 3. The molecule has 1 aliphatic heterocycles. The summed E-state index contributed by atoms with van der Waals surface area (Å²) in [5.41, 5.74) is 2.19. The second-order valence-electron chi connectivity index (χ2n) is 6.59. The third kappa shape index (κ3) is 5.33. The van der Waals surface area contributed by atoms with Crippen LogP contribution in [0.2, 0.25) is 0 Å². The van der Waals surface area contributed by atoms with Crippen LogP contribution in [0.1, 0.15) is 16.7 Å². The Morgan fingerprint density at radius 1 is 0.935 bits per heavy atom. The van der Waals surface area contributed by atoms with E-state index in [4.69, 9.17) is 9.47 Å². The fourth-order valence-electron chi connectivity index (χ4n) is 2.93. The van der Waals surface area contributed by atoms with Crippen molar-refractivity contribution in [3.63, 3.8) is 0 Å². The first kappa shape index (κ1) is 20.3. The maximum atomic E-state index is 12.4. The molecule has 0 spiro atoms. The lowest BCUT2D eigenvalue weighted by molar-refractivity contribution is -0.129. The van der Waals surface area contributed by atoms with Crippen molar-refractivity contribution in [2.45, 2.75) is 13.2 Å². The molecule has 0 radical (unpaired) electrons. The SMILES string of the molecule is O=C1OC(c2cccc(OC(F)F)c2)=NC1=Cc1cccc(OCc2ccccc2)c1. The number of cyclic esters (lactones) is 1. The molecule has 0 unspecified atom stereocenters. The molecule has 0 aliphatic carbocycles. The summed E-state index contributed by atoms with van der Waals surface area (Å²) in [7, 11) is 0. The van der Waals surface area contributed by atoms with Gasteiger partial charge < -0.3 is 14.2 Å². The van der Waals surface area contributed by atoms with Crippen LogP contribution in [0.15, 0.2) is 89.6 Å². The van der Waals surface area contributed by atoms with Crippen molar-refractivity contribution >= 4 is 17.9 Å². The van der Waals surface area contributed by atoms with Gasteiger partial charge in [-0.25, -0.2) is 9.79 Å². The van der Waals surface area contributed by atoms with Crippen LogP contribution < -0.4 is 9.47 Å². The fourth-order valence-corrected chi connectivity index (χ4v) is 2.93. The number of esters is 1. The first-order valence-electron chi connectivity index (χ1n) is 9.41. The zero-order valence-corrected chi connectivity index (χ0v) is 16.2. The van der Waals surface area contributed by atoms with Crippen LogP contribution in [0, 0.1) is 0 Å². The minimum Gasteiger partial charge on any atom is -0.489 e. The van der Waals surface area contributed by atoms with Crippen molar-refractivity contribution in [3.8, 4) is 11.5 Å². The molecule has 0 amide bonds. The Labute approximate surface area is 177 Å². The highest BCUT2D eigenvalue weighted by atomic mass is 19.3. The average molecular weight is 421 g/mol. The van der Waals surface area contributed by atoms with E-state index in [1.807, 2.05) is 42.5 Å². The Balaban J connectivity index is 1.51. The molecule has 0 bridgehead atoms. The zero-order valence-electron chi connectivity index (χ0n) is 16.2. The zero-order chi connectivity index (χ0) is 21.6. The van der Waals surface area contributed by atoms with Crippen molar-refractivity contribution in [1.29, 1.82) is 0 Å². The van der Waals surface area contributed by atoms with Crippen molar-refractivity contribution in [2.75, 3.05) is 0 Å². The number of benzene rings is 3. The summed E-state index contributed by atoms with van der Waals surface area (Å²) in [6.45, 7) is -2.53. The summed E-state index contributed by atoms with van der Waals surface area (Å²) < 4.78 is 40.2. The predicted octanol–water partition coefficient (Wildman–Crippen LogP) is 5.21. The van der Waals surface area contributed by atoms with Crippen LogP contribution in [0.5, 0.6) is 11.5 Å². The maximum absolute atomic E-state index is 12.4. The summed E-state index contributed by atoms with van der Waals surface area (Å²) >= 11 is 0. The molecule has 1 heterocycles. The number of nitrogens with zero attached hydrogens (tertiary/aromatic N) is 1. The van der Waals surface area contributed by atoms with Gasteiger partial charge in [0.25, 0.3) is 0 Å². The second kappa shape index (κ2) is 9.21. The molecule has 1 aliphatic rings. The molecule has 5 nitrogen and oxygen atoms in total. The summed E-state index contributed by atoms with van der Waals surface area (Å²) in [4.78, 5) is 16.4. The molecule has 4 rings (SSSR count). The monoisotopic (exact) mass is 421 g/mol. The van der Waals surface area contributed by atoms with Gasteiger partial charge in [0.15, 0.2) is 5.70 Å². The van der Waals surface area contributed by atoms with Crippen LogP contribution >= 0.6 is 0 Å². The van der Waals surface area contributed by atoms with Gasteiger partial charge in [0.2, 0.25) is 5.90 Å². The molecule has 0 fully saturated rings. The van der Waals surface area contributed by atoms with Crippen molar-refractivity contribution in [1.82, 2.24) is 0 Å². The van der Waals surface area contributed by atoms with Gasteiger partial charge in [0.1, 0.15) is 18.1 Å². The predicted molar refractivity (Wildman–Crippen MR) is 111 cm³/mol. The van der Waals surface area contributed by atoms with E-state index < -0.39 is 12.6 Å². The Kier molecular flexibility index (Phi) is 6.03. The Morgan fingerprint density at radius 3 is 2.52 bits per heavy atom. The minimum atomic E-state index is -2.95. The normalized spacial score (nSPS) is 14.5. The Morgan fingerprint density at radius 2 is 1.71 bits per heavy atom. The van der Waals surface area contributed by atoms with Gasteiger partial charge >= 0.3 is 12.6 Å². The molecule has 0 N–H and O–H groups in total. The molecule has 31 heavy (non-hydrogen) atoms. The largest absolute Gasteiger partial charge is 0.489 e. The van der Waals surface area contributed by atoms with Gasteiger partial charge in [-0.05, 0) is 47.5 Å². The number of aliphatic imine (C=N–C) groups is 1. The molecule has 156 valence electrons. The van der Waals surface area contributed by atoms with Crippen LogP contribution in [0.3, 0.4) is 0 Å². The van der Waals surface area contributed by atoms with E-state index >= 15 is 0 Å². The van der Waals surface area contributed by atoms with E-state index in [1.54, 1.807) is 24.3 Å². The number of hydrogen-bond acceptors (Lipinski definition) is 5. The lowest BCUT2D eigenvalue weighted by Gasteiger charge is -2.07. The number of hydrogen-bond donors (Lipinski definition) is 0. The van der Waals surface area contributed by atoms with Gasteiger partial charge in [-0.1, -0.05) is 48.5 Å². The quantitative estimate of drug-likeness (QED) is 0.388. The third-order valence-corrected chi connectivity index (χ3v) is 4.34. The molecule has 7 heteroatoms. The van der Waals surface area contributed by atoms with Crippen LogP contribution in [-0.4, -0.2) is 18.5 Å². The highest BCUT2D eigenvalue weighted by Gasteiger charge is 2.24. The van der Waals surface area contributed by atoms with Crippen molar-refractivity contribution < 1.29 is 27.8 Å². The smallest absolute Gasteiger partial charge is 0.387 e. The maximum Gasteiger partial charge on any atom is 0.387 e. The Hall–Kier alpha value is -4.00. The number of carbonyl (C=O) groups excluding carboxylic acids is 1. The summed E-state index contributed by atoms with van der Waals surface area (Å²) in [5.74, 6) is -0.0178. The molecular weight excluding hydrogens is 404 g/mol. The highest BCUT2D eigenvalue weighted by Crippen LogP contribution is 2.24. The van der Waals surface area contributed by atoms with Crippen molar-refractivity contribution in [2.24, 2.45) is 4.99 Å². The van der Waals surface area contributed by atoms with Crippen molar-refractivity contribution in [3.05, 3.63) is 101 Å². The summed E-state index contributed by atoms with van der Waals surface area (Å²) in [5, 5.41) is 0. The average Bonchev–Trinajstić information content (AvgIpc) is 3.13. The third-order valence-electron chi connectivity index (χ3n) is 4.34. The van der Waals surface area contributed by atoms with E-state index in [1.165, 1.54) is 18.2 Å². The van der Waals surface area contributed by atoms with E-state index in [9.17, 15) is 13.6 Å². The molecule has 0 atom stereocenters. The van der Waals surface area contributed by atoms with Gasteiger partial charge in [0, 0.05) is 5.56 Å². The molecule has 0 saturated carbocycles. The highest BCUT2D eigenvalue weighted by molar-refractivity contribution is 6.13. The minimum absolute atomic E-state index is 0.0208. The standard InChI is InChI=1S/C24H17F2NO4/c25-24(26)30-20-11-5-9-18(14-20)22-27-21(23(28)31-22)13-17-8-4-10-19(12-17)29-15-16-6-2-1-3-7-16/h1-14,24H,15H2. The molecule has 0 saturated heterocycles. The number of halogens is 2. The van der Waals surface area contributed by atoms with E-state index in [0.29, 0.717) is 23.5 Å². The van der Waals surface area contributed by atoms with E-state index in [0.717, 1.165) is 5.56 Å². The molecule has 3 aromatic carbocycles. The number of alkyl halides is 2. The van der Waals surface area contributed by atoms with Gasteiger partial charge in [-0.15, -0.1) is 0 Å². The van der Waals surface area contributed by atoms with Gasteiger partial charge in [-0.3, -0.25) is 0 Å². The number of rotatable bonds is 7.